The van der Waals surface area contributed by atoms with E-state index < -0.39 is 0 Å². The molecule has 0 amide bonds. The summed E-state index contributed by atoms with van der Waals surface area (Å²) >= 11 is 1.70. The van der Waals surface area contributed by atoms with Crippen molar-refractivity contribution < 1.29 is 4.74 Å². The molecule has 2 aromatic heterocycles. The van der Waals surface area contributed by atoms with Crippen LogP contribution < -0.4 is 10.1 Å². The van der Waals surface area contributed by atoms with Gasteiger partial charge in [-0.25, -0.2) is 4.98 Å². The highest BCUT2D eigenvalue weighted by Gasteiger charge is 2.18. The van der Waals surface area contributed by atoms with Crippen LogP contribution in [0.4, 0.5) is 0 Å². The number of aromatic nitrogens is 3. The van der Waals surface area contributed by atoms with Gasteiger partial charge in [-0.15, -0.1) is 11.3 Å². The van der Waals surface area contributed by atoms with Gasteiger partial charge in [0.25, 0.3) is 0 Å². The van der Waals surface area contributed by atoms with Gasteiger partial charge < -0.3 is 15.0 Å². The number of aromatic amines is 1. The molecule has 0 radical (unpaired) electrons. The summed E-state index contributed by atoms with van der Waals surface area (Å²) in [6.07, 6.45) is 4.62. The van der Waals surface area contributed by atoms with Crippen LogP contribution in [0.25, 0.3) is 22.4 Å². The minimum Gasteiger partial charge on any atom is -0.492 e. The van der Waals surface area contributed by atoms with Crippen LogP contribution in [0.2, 0.25) is 0 Å². The molecule has 0 aliphatic carbocycles. The third-order valence-corrected chi connectivity index (χ3v) is 5.53. The van der Waals surface area contributed by atoms with Gasteiger partial charge in [-0.3, -0.25) is 5.10 Å². The Morgan fingerprint density at radius 3 is 2.81 bits per heavy atom. The fraction of sp³-hybridized carbons (Fsp3) is 0.368. The summed E-state index contributed by atoms with van der Waals surface area (Å²) in [5, 5.41) is 10.1. The number of likely N-dealkylation sites (N-methyl/N-ethyl adjacent to an activating group) is 1. The van der Waals surface area contributed by atoms with Crippen LogP contribution in [0.1, 0.15) is 4.88 Å². The molecule has 0 atom stereocenters. The van der Waals surface area contributed by atoms with E-state index in [9.17, 15) is 0 Å². The molecule has 1 aromatic carbocycles. The molecule has 5 rings (SSSR count). The van der Waals surface area contributed by atoms with Gasteiger partial charge in [0.15, 0.2) is 0 Å². The SMILES string of the molecule is CN1CCNCC1.c1nc2c(s1)CCOc1cc(-c3cn[nH]c3)ccc1-2. The van der Waals surface area contributed by atoms with Crippen molar-refractivity contribution in [3.05, 3.63) is 41.0 Å². The number of fused-ring (bicyclic) bond motifs is 3. The Labute approximate surface area is 157 Å². The molecule has 136 valence electrons. The molecule has 0 spiro atoms. The van der Waals surface area contributed by atoms with E-state index >= 15 is 0 Å². The predicted molar refractivity (Wildman–Crippen MR) is 105 cm³/mol. The van der Waals surface area contributed by atoms with Crippen molar-refractivity contribution in [3.8, 4) is 28.1 Å². The second-order valence-corrected chi connectivity index (χ2v) is 7.41. The number of piperazine rings is 1. The van der Waals surface area contributed by atoms with Crippen LogP contribution in [-0.4, -0.2) is 59.9 Å². The molecule has 1 saturated heterocycles. The molecule has 7 heteroatoms. The fourth-order valence-corrected chi connectivity index (χ4v) is 3.88. The van der Waals surface area contributed by atoms with E-state index in [0.29, 0.717) is 6.61 Å². The first-order valence-electron chi connectivity index (χ1n) is 8.89. The van der Waals surface area contributed by atoms with E-state index in [-0.39, 0.29) is 0 Å². The normalized spacial score (nSPS) is 16.5. The molecule has 2 N–H and O–H groups in total. The lowest BCUT2D eigenvalue weighted by Crippen LogP contribution is -2.40. The molecule has 4 heterocycles. The van der Waals surface area contributed by atoms with Crippen molar-refractivity contribution in [2.45, 2.75) is 6.42 Å². The maximum absolute atomic E-state index is 5.86. The van der Waals surface area contributed by atoms with Gasteiger partial charge in [0, 0.05) is 54.8 Å². The number of thiazole rings is 1. The molecule has 0 saturated carbocycles. The Morgan fingerprint density at radius 1 is 1.19 bits per heavy atom. The third kappa shape index (κ3) is 3.80. The summed E-state index contributed by atoms with van der Waals surface area (Å²) in [6, 6.07) is 6.23. The summed E-state index contributed by atoms with van der Waals surface area (Å²) < 4.78 is 5.86. The van der Waals surface area contributed by atoms with Crippen molar-refractivity contribution in [1.82, 2.24) is 25.4 Å². The van der Waals surface area contributed by atoms with Gasteiger partial charge >= 0.3 is 0 Å². The number of ether oxygens (including phenoxy) is 1. The van der Waals surface area contributed by atoms with E-state index in [1.54, 1.807) is 11.3 Å². The number of rotatable bonds is 1. The monoisotopic (exact) mass is 369 g/mol. The average molecular weight is 369 g/mol. The van der Waals surface area contributed by atoms with E-state index in [1.807, 2.05) is 17.9 Å². The lowest BCUT2D eigenvalue weighted by molar-refractivity contribution is 0.291. The zero-order valence-electron chi connectivity index (χ0n) is 14.9. The molecule has 3 aromatic rings. The van der Waals surface area contributed by atoms with E-state index in [0.717, 1.165) is 47.6 Å². The van der Waals surface area contributed by atoms with Crippen molar-refractivity contribution in [1.29, 1.82) is 0 Å². The Hall–Kier alpha value is -2.22. The smallest absolute Gasteiger partial charge is 0.129 e. The van der Waals surface area contributed by atoms with E-state index in [1.165, 1.54) is 18.0 Å². The first-order chi connectivity index (χ1) is 12.8. The summed E-state index contributed by atoms with van der Waals surface area (Å²) in [6.45, 7) is 5.45. The Bertz CT molecular complexity index is 839. The molecule has 26 heavy (non-hydrogen) atoms. The van der Waals surface area contributed by atoms with E-state index in [2.05, 4.69) is 50.6 Å². The maximum Gasteiger partial charge on any atom is 0.129 e. The van der Waals surface area contributed by atoms with Crippen LogP contribution in [0, 0.1) is 0 Å². The highest BCUT2D eigenvalue weighted by atomic mass is 32.1. The number of hydrogen-bond acceptors (Lipinski definition) is 6. The number of nitrogens with one attached hydrogen (secondary N) is 2. The minimum absolute atomic E-state index is 0.705. The second kappa shape index (κ2) is 7.99. The molecule has 0 unspecified atom stereocenters. The van der Waals surface area contributed by atoms with Crippen LogP contribution in [0.3, 0.4) is 0 Å². The highest BCUT2D eigenvalue weighted by molar-refractivity contribution is 7.10. The van der Waals surface area contributed by atoms with Gasteiger partial charge in [0.2, 0.25) is 0 Å². The van der Waals surface area contributed by atoms with E-state index in [4.69, 9.17) is 4.74 Å². The van der Waals surface area contributed by atoms with Crippen LogP contribution in [0.15, 0.2) is 36.1 Å². The predicted octanol–water partition coefficient (Wildman–Crippen LogP) is 2.66. The van der Waals surface area contributed by atoms with Gasteiger partial charge in [-0.05, 0) is 24.7 Å². The Kier molecular flexibility index (Phi) is 5.29. The zero-order valence-corrected chi connectivity index (χ0v) is 15.7. The van der Waals surface area contributed by atoms with Crippen LogP contribution >= 0.6 is 11.3 Å². The fourth-order valence-electron chi connectivity index (χ4n) is 3.12. The van der Waals surface area contributed by atoms with Crippen molar-refractivity contribution in [2.24, 2.45) is 0 Å². The minimum atomic E-state index is 0.705. The first-order valence-corrected chi connectivity index (χ1v) is 9.77. The summed E-state index contributed by atoms with van der Waals surface area (Å²) in [5.74, 6) is 0.906. The van der Waals surface area contributed by atoms with Gasteiger partial charge in [-0.2, -0.15) is 5.10 Å². The molecular weight excluding hydrogens is 346 g/mol. The summed E-state index contributed by atoms with van der Waals surface area (Å²) in [7, 11) is 2.15. The summed E-state index contributed by atoms with van der Waals surface area (Å²) in [5.41, 5.74) is 6.22. The molecular formula is C19H23N5OS. The summed E-state index contributed by atoms with van der Waals surface area (Å²) in [4.78, 5) is 8.10. The average Bonchev–Trinajstić information content (AvgIpc) is 3.33. The first kappa shape index (κ1) is 17.2. The lowest BCUT2D eigenvalue weighted by atomic mass is 10.0. The van der Waals surface area contributed by atoms with Crippen molar-refractivity contribution in [3.63, 3.8) is 0 Å². The molecule has 1 fully saturated rings. The Morgan fingerprint density at radius 2 is 2.08 bits per heavy atom. The number of hydrogen-bond donors (Lipinski definition) is 2. The standard InChI is InChI=1S/C14H11N3OS.C5H12N2/c1-2-11-12(5-9(1)10-6-16-17-7-10)18-4-3-13-14(11)15-8-19-13;1-7-4-2-6-3-5-7/h1-2,5-8H,3-4H2,(H,16,17);6H,2-5H2,1H3. The quantitative estimate of drug-likeness (QED) is 0.690. The molecule has 2 aliphatic heterocycles. The van der Waals surface area contributed by atoms with Gasteiger partial charge in [0.1, 0.15) is 5.75 Å². The van der Waals surface area contributed by atoms with Crippen molar-refractivity contribution >= 4 is 11.3 Å². The third-order valence-electron chi connectivity index (χ3n) is 4.64. The van der Waals surface area contributed by atoms with Crippen molar-refractivity contribution in [2.75, 3.05) is 39.8 Å². The second-order valence-electron chi connectivity index (χ2n) is 6.47. The van der Waals surface area contributed by atoms with Crippen LogP contribution in [-0.2, 0) is 6.42 Å². The number of H-pyrrole nitrogens is 1. The zero-order chi connectivity index (χ0) is 17.8. The van der Waals surface area contributed by atoms with Gasteiger partial charge in [0.05, 0.1) is 24.0 Å². The van der Waals surface area contributed by atoms with Crippen LogP contribution in [0.5, 0.6) is 5.75 Å². The molecule has 6 nitrogen and oxygen atoms in total. The largest absolute Gasteiger partial charge is 0.492 e. The number of nitrogens with zero attached hydrogens (tertiary/aromatic N) is 3. The van der Waals surface area contributed by atoms with Gasteiger partial charge in [-0.1, -0.05) is 6.07 Å². The highest BCUT2D eigenvalue weighted by Crippen LogP contribution is 2.38. The Balaban J connectivity index is 0.000000204. The molecule has 2 aliphatic rings. The number of benzene rings is 1. The lowest BCUT2D eigenvalue weighted by Gasteiger charge is -2.21. The maximum atomic E-state index is 5.86. The topological polar surface area (TPSA) is 66.1 Å². The molecule has 0 bridgehead atoms.